The molecule has 2 aromatic rings. The van der Waals surface area contributed by atoms with E-state index >= 15 is 0 Å². The van der Waals surface area contributed by atoms with Gasteiger partial charge in [-0.25, -0.2) is 4.79 Å². The molecule has 0 aromatic heterocycles. The van der Waals surface area contributed by atoms with Crippen LogP contribution in [0.15, 0.2) is 52.7 Å². The minimum Gasteiger partial charge on any atom is -0.478 e. The fraction of sp³-hybridized carbons (Fsp3) is 0.350. The molecule has 27 heavy (non-hydrogen) atoms. The normalized spacial score (nSPS) is 13.5. The Morgan fingerprint density at radius 3 is 2.19 bits per heavy atom. The summed E-state index contributed by atoms with van der Waals surface area (Å²) in [5.41, 5.74) is 3.31. The van der Waals surface area contributed by atoms with Crippen molar-refractivity contribution in [1.29, 1.82) is 0 Å². The van der Waals surface area contributed by atoms with Gasteiger partial charge < -0.3 is 10.0 Å². The van der Waals surface area contributed by atoms with Crippen LogP contribution in [0.2, 0.25) is 0 Å². The van der Waals surface area contributed by atoms with Gasteiger partial charge >= 0.3 is 5.97 Å². The van der Waals surface area contributed by atoms with Crippen LogP contribution in [0.25, 0.3) is 0 Å². The molecule has 0 bridgehead atoms. The molecule has 2 atom stereocenters. The summed E-state index contributed by atoms with van der Waals surface area (Å²) in [6.45, 7) is 8.02. The van der Waals surface area contributed by atoms with E-state index < -0.39 is 5.97 Å². The zero-order chi connectivity index (χ0) is 20.0. The summed E-state index contributed by atoms with van der Waals surface area (Å²) < 4.78 is 0. The molecule has 0 saturated carbocycles. The van der Waals surface area contributed by atoms with E-state index in [9.17, 15) is 9.90 Å². The Morgan fingerprint density at radius 2 is 1.63 bits per heavy atom. The summed E-state index contributed by atoms with van der Waals surface area (Å²) in [4.78, 5) is 14.3. The quantitative estimate of drug-likeness (QED) is 0.336. The number of hydrogen-bond acceptors (Lipinski definition) is 4. The van der Waals surface area contributed by atoms with Gasteiger partial charge in [-0.1, -0.05) is 57.8 Å². The van der Waals surface area contributed by atoms with Crippen molar-refractivity contribution in [3.63, 3.8) is 0 Å². The highest BCUT2D eigenvalue weighted by atomic mass is 79.9. The van der Waals surface area contributed by atoms with E-state index in [2.05, 4.69) is 66.9 Å². The molecule has 7 heteroatoms. The second kappa shape index (κ2) is 9.99. The van der Waals surface area contributed by atoms with Crippen molar-refractivity contribution < 1.29 is 9.90 Å². The molecule has 0 amide bonds. The van der Waals surface area contributed by atoms with Crippen LogP contribution in [0.1, 0.15) is 29.8 Å². The third kappa shape index (κ3) is 6.43. The summed E-state index contributed by atoms with van der Waals surface area (Å²) in [5.74, 6) is -1.01. The van der Waals surface area contributed by atoms with Gasteiger partial charge in [-0.3, -0.25) is 0 Å². The number of carbonyl (C=O) groups is 1. The number of halogens is 2. The van der Waals surface area contributed by atoms with Crippen molar-refractivity contribution >= 4 is 54.9 Å². The molecule has 144 valence electrons. The maximum atomic E-state index is 11.3. The van der Waals surface area contributed by atoms with Crippen molar-refractivity contribution in [3.05, 3.63) is 53.6 Å². The Bertz CT molecular complexity index is 813. The highest BCUT2D eigenvalue weighted by molar-refractivity contribution is 9.09. The van der Waals surface area contributed by atoms with E-state index in [-0.39, 0.29) is 5.56 Å². The van der Waals surface area contributed by atoms with Gasteiger partial charge in [0.05, 0.1) is 11.3 Å². The van der Waals surface area contributed by atoms with Crippen molar-refractivity contribution in [3.8, 4) is 0 Å². The van der Waals surface area contributed by atoms with Gasteiger partial charge in [0, 0.05) is 28.4 Å². The second-order valence-corrected chi connectivity index (χ2v) is 9.59. The number of carboxylic acid groups (broad SMARTS) is 1. The predicted octanol–water partition coefficient (Wildman–Crippen LogP) is 6.48. The summed E-state index contributed by atoms with van der Waals surface area (Å²) in [5, 5.41) is 17.7. The number of rotatable bonds is 8. The average molecular weight is 497 g/mol. The van der Waals surface area contributed by atoms with Crippen molar-refractivity contribution in [2.24, 2.45) is 10.2 Å². The van der Waals surface area contributed by atoms with E-state index in [1.54, 1.807) is 18.2 Å². The summed E-state index contributed by atoms with van der Waals surface area (Å²) in [6, 6.07) is 12.6. The average Bonchev–Trinajstić information content (AvgIpc) is 2.59. The highest BCUT2D eigenvalue weighted by Crippen LogP contribution is 2.28. The topological polar surface area (TPSA) is 65.3 Å². The maximum Gasteiger partial charge on any atom is 0.337 e. The van der Waals surface area contributed by atoms with Gasteiger partial charge in [0.1, 0.15) is 5.69 Å². The molecule has 0 aliphatic carbocycles. The number of carboxylic acids is 1. The van der Waals surface area contributed by atoms with E-state index in [1.807, 2.05) is 19.1 Å². The molecule has 0 aliphatic heterocycles. The van der Waals surface area contributed by atoms with Gasteiger partial charge in [0.25, 0.3) is 0 Å². The van der Waals surface area contributed by atoms with E-state index in [1.165, 1.54) is 6.07 Å². The first-order valence-electron chi connectivity index (χ1n) is 8.65. The number of aromatic carboxylic acids is 1. The standard InChI is InChI=1S/C20H23Br2N3O2/c1-13-10-16(25(11-14(2)21)12-15(3)22)8-9-18(13)23-24-19-7-5-4-6-17(19)20(26)27/h4-10,14-15H,11-12H2,1-3H3,(H,26,27)/t14-,15-/m0/s1. The highest BCUT2D eigenvalue weighted by Gasteiger charge is 2.13. The molecule has 0 unspecified atom stereocenters. The van der Waals surface area contributed by atoms with Crippen LogP contribution < -0.4 is 4.90 Å². The SMILES string of the molecule is Cc1cc(N(C[C@H](C)Br)C[C@H](C)Br)ccc1N=Nc1ccccc1C(=O)O. The summed E-state index contributed by atoms with van der Waals surface area (Å²) >= 11 is 7.25. The lowest BCUT2D eigenvalue weighted by Crippen LogP contribution is -2.33. The van der Waals surface area contributed by atoms with Crippen LogP contribution >= 0.6 is 31.9 Å². The molecular weight excluding hydrogens is 474 g/mol. The van der Waals surface area contributed by atoms with E-state index in [0.717, 1.165) is 30.0 Å². The zero-order valence-corrected chi connectivity index (χ0v) is 18.7. The molecule has 0 spiro atoms. The molecule has 1 N–H and O–H groups in total. The lowest BCUT2D eigenvalue weighted by molar-refractivity contribution is 0.0697. The number of hydrogen-bond donors (Lipinski definition) is 1. The first kappa shape index (κ1) is 21.6. The molecule has 0 heterocycles. The van der Waals surface area contributed by atoms with E-state index in [0.29, 0.717) is 15.3 Å². The van der Waals surface area contributed by atoms with Crippen LogP contribution in [-0.4, -0.2) is 33.8 Å². The Balaban J connectivity index is 2.27. The third-order valence-electron chi connectivity index (χ3n) is 3.89. The monoisotopic (exact) mass is 495 g/mol. The van der Waals surface area contributed by atoms with Gasteiger partial charge in [-0.05, 0) is 42.8 Å². The molecule has 0 aliphatic rings. The van der Waals surface area contributed by atoms with E-state index in [4.69, 9.17) is 0 Å². The lowest BCUT2D eigenvalue weighted by atomic mass is 10.1. The third-order valence-corrected chi connectivity index (χ3v) is 4.47. The Hall–Kier alpha value is -1.73. The van der Waals surface area contributed by atoms with Gasteiger partial charge in [0.2, 0.25) is 0 Å². The van der Waals surface area contributed by atoms with Crippen LogP contribution in [0.4, 0.5) is 17.1 Å². The van der Waals surface area contributed by atoms with Crippen LogP contribution in [0, 0.1) is 6.92 Å². The minimum atomic E-state index is -1.01. The van der Waals surface area contributed by atoms with Gasteiger partial charge in [-0.15, -0.1) is 5.11 Å². The smallest absolute Gasteiger partial charge is 0.337 e. The fourth-order valence-corrected chi connectivity index (χ4v) is 3.39. The first-order chi connectivity index (χ1) is 12.8. The number of anilines is 1. The first-order valence-corrected chi connectivity index (χ1v) is 10.5. The maximum absolute atomic E-state index is 11.3. The molecule has 5 nitrogen and oxygen atoms in total. The minimum absolute atomic E-state index is 0.138. The summed E-state index contributed by atoms with van der Waals surface area (Å²) in [6.07, 6.45) is 0. The van der Waals surface area contributed by atoms with Crippen LogP contribution in [0.5, 0.6) is 0 Å². The van der Waals surface area contributed by atoms with Gasteiger partial charge in [-0.2, -0.15) is 5.11 Å². The van der Waals surface area contributed by atoms with Gasteiger partial charge in [0.15, 0.2) is 0 Å². The molecule has 2 rings (SSSR count). The predicted molar refractivity (Wildman–Crippen MR) is 118 cm³/mol. The van der Waals surface area contributed by atoms with Crippen molar-refractivity contribution in [2.75, 3.05) is 18.0 Å². The molecular formula is C20H23Br2N3O2. The largest absolute Gasteiger partial charge is 0.478 e. The second-order valence-electron chi connectivity index (χ2n) is 6.46. The number of benzene rings is 2. The van der Waals surface area contributed by atoms with Crippen LogP contribution in [-0.2, 0) is 0 Å². The Labute approximate surface area is 176 Å². The molecule has 0 fully saturated rings. The number of alkyl halides is 2. The molecule has 0 radical (unpaired) electrons. The van der Waals surface area contributed by atoms with Crippen molar-refractivity contribution in [2.45, 2.75) is 30.4 Å². The summed E-state index contributed by atoms with van der Waals surface area (Å²) in [7, 11) is 0. The molecule has 2 aromatic carbocycles. The molecule has 0 saturated heterocycles. The number of nitrogens with zero attached hydrogens (tertiary/aromatic N) is 3. The number of azo groups is 1. The Morgan fingerprint density at radius 1 is 1.04 bits per heavy atom. The van der Waals surface area contributed by atoms with Crippen LogP contribution in [0.3, 0.4) is 0 Å². The Kier molecular flexibility index (Phi) is 7.98. The zero-order valence-electron chi connectivity index (χ0n) is 15.6. The number of aryl methyl sites for hydroxylation is 1. The fourth-order valence-electron chi connectivity index (χ4n) is 2.69. The van der Waals surface area contributed by atoms with Crippen molar-refractivity contribution in [1.82, 2.24) is 0 Å². The lowest BCUT2D eigenvalue weighted by Gasteiger charge is -2.28.